The van der Waals surface area contributed by atoms with Crippen molar-refractivity contribution in [2.24, 2.45) is 0 Å². The van der Waals surface area contributed by atoms with Crippen molar-refractivity contribution in [3.05, 3.63) is 175 Å². The van der Waals surface area contributed by atoms with Gasteiger partial charge in [-0.05, 0) is 96.7 Å². The standard InChI is InChI=1S/C48H33N3/c1-48(2)43-21-18-34(26-41(43)42-25-32-12-6-7-13-33(32)27-44(42)48)37-19-20-40(39-15-9-8-14-38(37)39)46-28-45(50-47(51-46)31-10-4-3-5-11-31)35-17-16-30-22-23-49-29-36(30)24-35/h3-29H,1-2H3. The molecule has 0 radical (unpaired) electrons. The fourth-order valence-electron chi connectivity index (χ4n) is 8.07. The fourth-order valence-corrected chi connectivity index (χ4v) is 8.07. The van der Waals surface area contributed by atoms with Crippen LogP contribution in [0, 0.1) is 0 Å². The largest absolute Gasteiger partial charge is 0.264 e. The van der Waals surface area contributed by atoms with Crippen LogP contribution in [0.2, 0.25) is 0 Å². The number of fused-ring (bicyclic) bond motifs is 6. The molecule has 0 amide bonds. The molecule has 240 valence electrons. The molecule has 0 bridgehead atoms. The predicted octanol–water partition coefficient (Wildman–Crippen LogP) is 12.3. The number of rotatable bonds is 4. The molecule has 10 rings (SSSR count). The molecule has 0 atom stereocenters. The second-order valence-corrected chi connectivity index (χ2v) is 14.1. The Morgan fingerprint density at radius 1 is 0.412 bits per heavy atom. The summed E-state index contributed by atoms with van der Waals surface area (Å²) in [6, 6.07) is 54.6. The Hall–Kier alpha value is -6.45. The first-order valence-corrected chi connectivity index (χ1v) is 17.5. The Bertz CT molecular complexity index is 2830. The third kappa shape index (κ3) is 4.77. The summed E-state index contributed by atoms with van der Waals surface area (Å²) < 4.78 is 0. The second kappa shape index (κ2) is 11.3. The van der Waals surface area contributed by atoms with E-state index in [4.69, 9.17) is 9.97 Å². The maximum absolute atomic E-state index is 5.20. The number of hydrogen-bond donors (Lipinski definition) is 0. The summed E-state index contributed by atoms with van der Waals surface area (Å²) in [7, 11) is 0. The quantitative estimate of drug-likeness (QED) is 0.190. The van der Waals surface area contributed by atoms with E-state index in [-0.39, 0.29) is 5.41 Å². The molecule has 0 unspecified atom stereocenters. The first-order valence-electron chi connectivity index (χ1n) is 17.5. The molecule has 1 aliphatic carbocycles. The summed E-state index contributed by atoms with van der Waals surface area (Å²) >= 11 is 0. The van der Waals surface area contributed by atoms with Gasteiger partial charge in [0.25, 0.3) is 0 Å². The van der Waals surface area contributed by atoms with Crippen molar-refractivity contribution in [2.45, 2.75) is 19.3 Å². The molecule has 9 aromatic rings. The molecular weight excluding hydrogens is 619 g/mol. The summed E-state index contributed by atoms with van der Waals surface area (Å²) in [5, 5.41) is 7.16. The van der Waals surface area contributed by atoms with Crippen LogP contribution in [0.15, 0.2) is 164 Å². The molecule has 0 fully saturated rings. The minimum absolute atomic E-state index is 0.0676. The van der Waals surface area contributed by atoms with E-state index in [1.165, 1.54) is 49.5 Å². The third-order valence-corrected chi connectivity index (χ3v) is 10.7. The highest BCUT2D eigenvalue weighted by Gasteiger charge is 2.36. The van der Waals surface area contributed by atoms with Gasteiger partial charge in [-0.15, -0.1) is 0 Å². The van der Waals surface area contributed by atoms with Crippen LogP contribution in [-0.4, -0.2) is 15.0 Å². The second-order valence-electron chi connectivity index (χ2n) is 14.1. The van der Waals surface area contributed by atoms with Crippen LogP contribution in [0.25, 0.3) is 88.5 Å². The van der Waals surface area contributed by atoms with E-state index in [0.717, 1.165) is 44.2 Å². The van der Waals surface area contributed by atoms with Gasteiger partial charge in [-0.1, -0.05) is 129 Å². The number of aromatic nitrogens is 3. The van der Waals surface area contributed by atoms with E-state index in [0.29, 0.717) is 5.82 Å². The predicted molar refractivity (Wildman–Crippen MR) is 212 cm³/mol. The average Bonchev–Trinajstić information content (AvgIpc) is 3.41. The van der Waals surface area contributed by atoms with Crippen molar-refractivity contribution in [1.29, 1.82) is 0 Å². The van der Waals surface area contributed by atoms with E-state index in [1.807, 2.05) is 36.7 Å². The molecule has 0 saturated carbocycles. The summed E-state index contributed by atoms with van der Waals surface area (Å²) in [5.74, 6) is 0.704. The normalized spacial score (nSPS) is 13.1. The van der Waals surface area contributed by atoms with Gasteiger partial charge in [0.15, 0.2) is 5.82 Å². The van der Waals surface area contributed by atoms with Crippen LogP contribution in [-0.2, 0) is 5.41 Å². The van der Waals surface area contributed by atoms with Crippen molar-refractivity contribution < 1.29 is 0 Å². The van der Waals surface area contributed by atoms with Crippen molar-refractivity contribution >= 4 is 32.3 Å². The summed E-state index contributed by atoms with van der Waals surface area (Å²) in [5.41, 5.74) is 12.7. The number of nitrogens with zero attached hydrogens (tertiary/aromatic N) is 3. The fraction of sp³-hybridized carbons (Fsp3) is 0.0625. The zero-order chi connectivity index (χ0) is 34.1. The Labute approximate surface area is 297 Å². The van der Waals surface area contributed by atoms with Crippen LogP contribution in [0.3, 0.4) is 0 Å². The van der Waals surface area contributed by atoms with Crippen LogP contribution in [0.5, 0.6) is 0 Å². The van der Waals surface area contributed by atoms with E-state index < -0.39 is 0 Å². The molecule has 0 N–H and O–H groups in total. The monoisotopic (exact) mass is 651 g/mol. The topological polar surface area (TPSA) is 38.7 Å². The maximum atomic E-state index is 5.20. The molecule has 2 heterocycles. The van der Waals surface area contributed by atoms with Gasteiger partial charge in [-0.2, -0.15) is 0 Å². The molecule has 0 saturated heterocycles. The molecule has 0 aliphatic heterocycles. The lowest BCUT2D eigenvalue weighted by Gasteiger charge is -2.22. The Morgan fingerprint density at radius 2 is 1.10 bits per heavy atom. The molecular formula is C48H33N3. The summed E-state index contributed by atoms with van der Waals surface area (Å²) in [4.78, 5) is 14.7. The smallest absolute Gasteiger partial charge is 0.160 e. The Morgan fingerprint density at radius 3 is 1.94 bits per heavy atom. The van der Waals surface area contributed by atoms with Gasteiger partial charge in [0.1, 0.15) is 0 Å². The first-order chi connectivity index (χ1) is 25.0. The van der Waals surface area contributed by atoms with Gasteiger partial charge >= 0.3 is 0 Å². The van der Waals surface area contributed by atoms with E-state index in [9.17, 15) is 0 Å². The van der Waals surface area contributed by atoms with Gasteiger partial charge in [0.05, 0.1) is 11.4 Å². The van der Waals surface area contributed by atoms with Crippen molar-refractivity contribution in [3.8, 4) is 56.2 Å². The third-order valence-electron chi connectivity index (χ3n) is 10.7. The van der Waals surface area contributed by atoms with Gasteiger partial charge in [0.2, 0.25) is 0 Å². The van der Waals surface area contributed by atoms with E-state index >= 15 is 0 Å². The zero-order valence-electron chi connectivity index (χ0n) is 28.4. The molecule has 7 aromatic carbocycles. The average molecular weight is 652 g/mol. The van der Waals surface area contributed by atoms with Crippen LogP contribution in [0.1, 0.15) is 25.0 Å². The van der Waals surface area contributed by atoms with Crippen LogP contribution < -0.4 is 0 Å². The van der Waals surface area contributed by atoms with Gasteiger partial charge in [0, 0.05) is 39.9 Å². The SMILES string of the molecule is CC1(C)c2ccc(-c3ccc(-c4cc(-c5ccc6ccncc6c5)nc(-c5ccccc5)n4)c4ccccc34)cc2-c2cc3ccccc3cc21. The molecule has 51 heavy (non-hydrogen) atoms. The van der Waals surface area contributed by atoms with Crippen molar-refractivity contribution in [1.82, 2.24) is 15.0 Å². The lowest BCUT2D eigenvalue weighted by Crippen LogP contribution is -2.14. The lowest BCUT2D eigenvalue weighted by molar-refractivity contribution is 0.661. The van der Waals surface area contributed by atoms with Gasteiger partial charge in [-0.25, -0.2) is 9.97 Å². The minimum atomic E-state index is -0.0676. The van der Waals surface area contributed by atoms with Crippen molar-refractivity contribution in [3.63, 3.8) is 0 Å². The Kier molecular flexibility index (Phi) is 6.53. The minimum Gasteiger partial charge on any atom is -0.264 e. The number of pyridine rings is 1. The van der Waals surface area contributed by atoms with Crippen LogP contribution >= 0.6 is 0 Å². The number of benzene rings is 7. The zero-order valence-corrected chi connectivity index (χ0v) is 28.4. The highest BCUT2D eigenvalue weighted by Crippen LogP contribution is 2.51. The molecule has 1 aliphatic rings. The van der Waals surface area contributed by atoms with E-state index in [2.05, 4.69) is 146 Å². The first kappa shape index (κ1) is 29.5. The number of hydrogen-bond acceptors (Lipinski definition) is 3. The molecule has 3 heteroatoms. The van der Waals surface area contributed by atoms with Crippen LogP contribution in [0.4, 0.5) is 0 Å². The highest BCUT2D eigenvalue weighted by atomic mass is 14.9. The van der Waals surface area contributed by atoms with Gasteiger partial charge < -0.3 is 0 Å². The van der Waals surface area contributed by atoms with E-state index in [1.54, 1.807) is 0 Å². The summed E-state index contributed by atoms with van der Waals surface area (Å²) in [6.07, 6.45) is 3.74. The summed E-state index contributed by atoms with van der Waals surface area (Å²) in [6.45, 7) is 4.70. The molecule has 2 aromatic heterocycles. The molecule has 0 spiro atoms. The van der Waals surface area contributed by atoms with Gasteiger partial charge in [-0.3, -0.25) is 4.98 Å². The Balaban J connectivity index is 1.14. The highest BCUT2D eigenvalue weighted by molar-refractivity contribution is 6.05. The lowest BCUT2D eigenvalue weighted by atomic mass is 9.81. The van der Waals surface area contributed by atoms with Crippen molar-refractivity contribution in [2.75, 3.05) is 0 Å². The molecule has 3 nitrogen and oxygen atoms in total. The maximum Gasteiger partial charge on any atom is 0.160 e.